The molecule has 3 N–H and O–H groups in total. The van der Waals surface area contributed by atoms with Gasteiger partial charge in [0, 0.05) is 32.1 Å². The van der Waals surface area contributed by atoms with Crippen molar-refractivity contribution in [3.05, 3.63) is 42.5 Å². The molecule has 2 aliphatic rings. The van der Waals surface area contributed by atoms with E-state index in [1.807, 2.05) is 29.2 Å². The second-order valence-electron chi connectivity index (χ2n) is 7.62. The molecule has 28 heavy (non-hydrogen) atoms. The average molecular weight is 424 g/mol. The molecule has 1 aliphatic carbocycles. The summed E-state index contributed by atoms with van der Waals surface area (Å²) in [6.07, 6.45) is 2.30. The van der Waals surface area contributed by atoms with Crippen LogP contribution in [0.3, 0.4) is 0 Å². The first-order valence-electron chi connectivity index (χ1n) is 9.46. The zero-order valence-corrected chi connectivity index (χ0v) is 17.2. The monoisotopic (exact) mass is 423 g/mol. The van der Waals surface area contributed by atoms with Crippen LogP contribution in [-0.2, 0) is 14.8 Å². The number of carbonyl (C=O) groups excluding carboxylic acids is 1. The van der Waals surface area contributed by atoms with Crippen LogP contribution in [0.15, 0.2) is 47.4 Å². The molecule has 6 nitrogen and oxygen atoms in total. The molecular weight excluding hydrogens is 398 g/mol. The summed E-state index contributed by atoms with van der Waals surface area (Å²) in [7, 11) is -3.64. The molecule has 1 aliphatic heterocycles. The normalized spacial score (nSPS) is 24.2. The Morgan fingerprint density at radius 3 is 2.61 bits per heavy atom. The van der Waals surface area contributed by atoms with Crippen molar-refractivity contribution in [2.45, 2.75) is 30.2 Å². The van der Waals surface area contributed by atoms with Crippen molar-refractivity contribution in [1.29, 1.82) is 0 Å². The third-order valence-corrected chi connectivity index (χ3v) is 7.39. The highest BCUT2D eigenvalue weighted by Gasteiger charge is 2.42. The molecule has 1 heterocycles. The second-order valence-corrected chi connectivity index (χ2v) is 9.39. The smallest absolute Gasteiger partial charge is 0.240 e. The van der Waals surface area contributed by atoms with Gasteiger partial charge in [0.15, 0.2) is 0 Å². The van der Waals surface area contributed by atoms with Crippen molar-refractivity contribution in [3.63, 3.8) is 0 Å². The topological polar surface area (TPSA) is 92.5 Å². The predicted octanol–water partition coefficient (Wildman–Crippen LogP) is 2.13. The van der Waals surface area contributed by atoms with Gasteiger partial charge in [0.05, 0.1) is 4.90 Å². The van der Waals surface area contributed by atoms with Crippen molar-refractivity contribution in [1.82, 2.24) is 9.62 Å². The van der Waals surface area contributed by atoms with Gasteiger partial charge in [-0.15, -0.1) is 12.4 Å². The van der Waals surface area contributed by atoms with Gasteiger partial charge in [-0.1, -0.05) is 30.3 Å². The van der Waals surface area contributed by atoms with Crippen LogP contribution in [0.25, 0.3) is 10.8 Å². The van der Waals surface area contributed by atoms with Gasteiger partial charge in [0.2, 0.25) is 15.9 Å². The molecule has 2 aromatic rings. The summed E-state index contributed by atoms with van der Waals surface area (Å²) in [5.41, 5.74) is 6.11. The number of carbonyl (C=O) groups is 1. The minimum absolute atomic E-state index is 0. The maximum atomic E-state index is 12.5. The van der Waals surface area contributed by atoms with Gasteiger partial charge in [-0.2, -0.15) is 0 Å². The molecule has 3 unspecified atom stereocenters. The van der Waals surface area contributed by atoms with E-state index < -0.39 is 10.0 Å². The highest BCUT2D eigenvalue weighted by Crippen LogP contribution is 2.37. The number of nitrogens with zero attached hydrogens (tertiary/aromatic N) is 1. The van der Waals surface area contributed by atoms with Crippen LogP contribution >= 0.6 is 12.4 Å². The molecule has 3 atom stereocenters. The summed E-state index contributed by atoms with van der Waals surface area (Å²) < 4.78 is 27.6. The molecule has 2 aromatic carbocycles. The van der Waals surface area contributed by atoms with Gasteiger partial charge in [-0.25, -0.2) is 13.1 Å². The van der Waals surface area contributed by atoms with Gasteiger partial charge in [-0.3, -0.25) is 4.79 Å². The highest BCUT2D eigenvalue weighted by atomic mass is 35.5. The van der Waals surface area contributed by atoms with Crippen LogP contribution in [-0.4, -0.2) is 44.9 Å². The number of hydrogen-bond acceptors (Lipinski definition) is 4. The van der Waals surface area contributed by atoms with Gasteiger partial charge in [0.1, 0.15) is 0 Å². The molecule has 0 bridgehead atoms. The first-order chi connectivity index (χ1) is 12.9. The minimum atomic E-state index is -3.64. The fourth-order valence-electron chi connectivity index (χ4n) is 4.38. The largest absolute Gasteiger partial charge is 0.342 e. The van der Waals surface area contributed by atoms with E-state index in [-0.39, 0.29) is 42.2 Å². The van der Waals surface area contributed by atoms with E-state index in [0.29, 0.717) is 18.4 Å². The second kappa shape index (κ2) is 8.37. The standard InChI is InChI=1S/C20H25N3O3S.ClH/c21-19-8-6-16-12-23(13-18(16)19)20(24)9-10-22-27(25,26)17-7-5-14-3-1-2-4-15(14)11-17;/h1-5,7,11,16,18-19,22H,6,8-10,12-13,21H2;1H. The lowest BCUT2D eigenvalue weighted by atomic mass is 9.98. The van der Waals surface area contributed by atoms with E-state index >= 15 is 0 Å². The lowest BCUT2D eigenvalue weighted by Gasteiger charge is -2.19. The summed E-state index contributed by atoms with van der Waals surface area (Å²) >= 11 is 0. The Hall–Kier alpha value is -1.67. The van der Waals surface area contributed by atoms with Crippen LogP contribution in [0, 0.1) is 11.8 Å². The Kier molecular flexibility index (Phi) is 6.29. The maximum absolute atomic E-state index is 12.5. The van der Waals surface area contributed by atoms with E-state index in [2.05, 4.69) is 4.72 Å². The number of fused-ring (bicyclic) bond motifs is 2. The lowest BCUT2D eigenvalue weighted by Crippen LogP contribution is -2.35. The van der Waals surface area contributed by atoms with E-state index in [1.54, 1.807) is 18.2 Å². The third kappa shape index (κ3) is 4.17. The Morgan fingerprint density at radius 2 is 1.86 bits per heavy atom. The van der Waals surface area contributed by atoms with Crippen LogP contribution < -0.4 is 10.5 Å². The SMILES string of the molecule is Cl.NC1CCC2CN(C(=O)CCNS(=O)(=O)c3ccc4ccccc4c3)CC12. The fraction of sp³-hybridized carbons (Fsp3) is 0.450. The first-order valence-corrected chi connectivity index (χ1v) is 10.9. The molecule has 1 saturated carbocycles. The summed E-state index contributed by atoms with van der Waals surface area (Å²) in [5.74, 6) is 0.916. The van der Waals surface area contributed by atoms with Crippen LogP contribution in [0.4, 0.5) is 0 Å². The Balaban J connectivity index is 0.00000225. The van der Waals surface area contributed by atoms with Crippen molar-refractivity contribution in [3.8, 4) is 0 Å². The van der Waals surface area contributed by atoms with Crippen molar-refractivity contribution < 1.29 is 13.2 Å². The van der Waals surface area contributed by atoms with Gasteiger partial charge in [-0.05, 0) is 47.6 Å². The molecule has 0 spiro atoms. The number of amides is 1. The Bertz CT molecular complexity index is 966. The van der Waals surface area contributed by atoms with Gasteiger partial charge in [0.25, 0.3) is 0 Å². The number of nitrogens with one attached hydrogen (secondary N) is 1. The highest BCUT2D eigenvalue weighted by molar-refractivity contribution is 7.89. The van der Waals surface area contributed by atoms with E-state index in [9.17, 15) is 13.2 Å². The van der Waals surface area contributed by atoms with Crippen LogP contribution in [0.5, 0.6) is 0 Å². The first kappa shape index (κ1) is 21.0. The van der Waals surface area contributed by atoms with Crippen LogP contribution in [0.2, 0.25) is 0 Å². The summed E-state index contributed by atoms with van der Waals surface area (Å²) in [6, 6.07) is 12.8. The number of rotatable bonds is 5. The van der Waals surface area contributed by atoms with Gasteiger partial charge < -0.3 is 10.6 Å². The minimum Gasteiger partial charge on any atom is -0.342 e. The summed E-state index contributed by atoms with van der Waals surface area (Å²) in [4.78, 5) is 14.5. The summed E-state index contributed by atoms with van der Waals surface area (Å²) in [5, 5.41) is 1.86. The quantitative estimate of drug-likeness (QED) is 0.770. The molecular formula is C20H26ClN3O3S. The van der Waals surface area contributed by atoms with E-state index in [1.165, 1.54) is 0 Å². The Labute approximate surface area is 171 Å². The number of halogens is 1. The molecule has 152 valence electrons. The maximum Gasteiger partial charge on any atom is 0.240 e. The van der Waals surface area contributed by atoms with Crippen molar-refractivity contribution >= 4 is 39.1 Å². The predicted molar refractivity (Wildman–Crippen MR) is 112 cm³/mol. The Morgan fingerprint density at radius 1 is 1.11 bits per heavy atom. The van der Waals surface area contributed by atoms with Gasteiger partial charge >= 0.3 is 0 Å². The zero-order valence-electron chi connectivity index (χ0n) is 15.6. The van der Waals surface area contributed by atoms with E-state index in [0.717, 1.165) is 30.2 Å². The molecule has 1 amide bonds. The fourth-order valence-corrected chi connectivity index (χ4v) is 5.45. The van der Waals surface area contributed by atoms with Crippen LogP contribution in [0.1, 0.15) is 19.3 Å². The third-order valence-electron chi connectivity index (χ3n) is 5.93. The number of nitrogens with two attached hydrogens (primary N) is 1. The van der Waals surface area contributed by atoms with E-state index in [4.69, 9.17) is 5.73 Å². The number of benzene rings is 2. The molecule has 2 fully saturated rings. The number of likely N-dealkylation sites (tertiary alicyclic amines) is 1. The molecule has 1 saturated heterocycles. The average Bonchev–Trinajstić information content (AvgIpc) is 3.23. The number of sulfonamides is 1. The molecule has 8 heteroatoms. The number of hydrogen-bond donors (Lipinski definition) is 2. The summed E-state index contributed by atoms with van der Waals surface area (Å²) in [6.45, 7) is 1.57. The van der Waals surface area contributed by atoms with Crippen molar-refractivity contribution in [2.24, 2.45) is 17.6 Å². The molecule has 0 aromatic heterocycles. The molecule has 4 rings (SSSR count). The van der Waals surface area contributed by atoms with Crippen molar-refractivity contribution in [2.75, 3.05) is 19.6 Å². The zero-order chi connectivity index (χ0) is 19.0. The molecule has 0 radical (unpaired) electrons. The lowest BCUT2D eigenvalue weighted by molar-refractivity contribution is -0.130.